The number of anilines is 1. The quantitative estimate of drug-likeness (QED) is 0.844. The van der Waals surface area contributed by atoms with Crippen LogP contribution in [0.25, 0.3) is 0 Å². The number of rotatable bonds is 4. The van der Waals surface area contributed by atoms with Gasteiger partial charge in [-0.15, -0.1) is 0 Å². The second-order valence-corrected chi connectivity index (χ2v) is 6.06. The molecule has 0 aliphatic heterocycles. The molecule has 0 radical (unpaired) electrons. The Morgan fingerprint density at radius 3 is 2.81 bits per heavy atom. The molecule has 0 unspecified atom stereocenters. The van der Waals surface area contributed by atoms with E-state index < -0.39 is 0 Å². The van der Waals surface area contributed by atoms with Crippen molar-refractivity contribution >= 4 is 34.7 Å². The Morgan fingerprint density at radius 1 is 1.38 bits per heavy atom. The molecule has 0 spiro atoms. The molecule has 0 fully saturated rings. The van der Waals surface area contributed by atoms with E-state index in [1.807, 2.05) is 55.8 Å². The molecule has 0 saturated heterocycles. The minimum atomic E-state index is 0.291. The van der Waals surface area contributed by atoms with E-state index in [2.05, 4.69) is 15.7 Å². The van der Waals surface area contributed by atoms with Crippen LogP contribution in [0.3, 0.4) is 0 Å². The predicted molar refractivity (Wildman–Crippen MR) is 92.0 cm³/mol. The average molecular weight is 323 g/mol. The SMILES string of the molecule is Cc1cc(NC(=S)NC(C)C)nn1Cc1cccc(Cl)c1. The Bertz CT molecular complexity index is 636. The van der Waals surface area contributed by atoms with E-state index in [1.165, 1.54) is 0 Å². The van der Waals surface area contributed by atoms with Gasteiger partial charge in [0.15, 0.2) is 10.9 Å². The van der Waals surface area contributed by atoms with Crippen molar-refractivity contribution in [3.8, 4) is 0 Å². The van der Waals surface area contributed by atoms with Crippen LogP contribution in [0.15, 0.2) is 30.3 Å². The van der Waals surface area contributed by atoms with Gasteiger partial charge in [0.2, 0.25) is 0 Å². The molecule has 1 aromatic carbocycles. The summed E-state index contributed by atoms with van der Waals surface area (Å²) in [7, 11) is 0. The molecule has 0 atom stereocenters. The highest BCUT2D eigenvalue weighted by Gasteiger charge is 2.07. The van der Waals surface area contributed by atoms with Crippen molar-refractivity contribution < 1.29 is 0 Å². The molecule has 21 heavy (non-hydrogen) atoms. The lowest BCUT2D eigenvalue weighted by Crippen LogP contribution is -2.34. The van der Waals surface area contributed by atoms with E-state index in [9.17, 15) is 0 Å². The summed E-state index contributed by atoms with van der Waals surface area (Å²) in [5, 5.41) is 12.1. The third kappa shape index (κ3) is 4.72. The van der Waals surface area contributed by atoms with Crippen LogP contribution in [0.2, 0.25) is 5.02 Å². The molecular weight excluding hydrogens is 304 g/mol. The molecule has 0 amide bonds. The molecule has 0 aliphatic rings. The summed E-state index contributed by atoms with van der Waals surface area (Å²) in [6.45, 7) is 6.77. The van der Waals surface area contributed by atoms with Gasteiger partial charge in [0.1, 0.15) is 0 Å². The van der Waals surface area contributed by atoms with Gasteiger partial charge in [0.25, 0.3) is 0 Å². The smallest absolute Gasteiger partial charge is 0.172 e. The molecule has 112 valence electrons. The summed E-state index contributed by atoms with van der Waals surface area (Å²) in [6.07, 6.45) is 0. The van der Waals surface area contributed by atoms with Gasteiger partial charge >= 0.3 is 0 Å². The predicted octanol–water partition coefficient (Wildman–Crippen LogP) is 3.59. The molecule has 0 bridgehead atoms. The van der Waals surface area contributed by atoms with Gasteiger partial charge in [-0.05, 0) is 50.7 Å². The summed E-state index contributed by atoms with van der Waals surface area (Å²) in [4.78, 5) is 0. The largest absolute Gasteiger partial charge is 0.360 e. The number of aromatic nitrogens is 2. The Kier molecular flexibility index (Phi) is 5.20. The molecule has 0 saturated carbocycles. The van der Waals surface area contributed by atoms with Crippen molar-refractivity contribution in [3.05, 3.63) is 46.6 Å². The first-order valence-corrected chi connectivity index (χ1v) is 7.59. The standard InChI is InChI=1S/C15H19ClN4S/c1-10(2)17-15(21)18-14-7-11(3)20(19-14)9-12-5-4-6-13(16)8-12/h4-8,10H,9H2,1-3H3,(H2,17,18,19,21). The number of aryl methyl sites for hydroxylation is 1. The minimum Gasteiger partial charge on any atom is -0.360 e. The zero-order chi connectivity index (χ0) is 15.4. The number of hydrogen-bond acceptors (Lipinski definition) is 2. The highest BCUT2D eigenvalue weighted by atomic mass is 35.5. The van der Waals surface area contributed by atoms with Gasteiger partial charge in [-0.3, -0.25) is 4.68 Å². The summed E-state index contributed by atoms with van der Waals surface area (Å²) in [6, 6.07) is 10.0. The van der Waals surface area contributed by atoms with Crippen molar-refractivity contribution in [1.82, 2.24) is 15.1 Å². The highest BCUT2D eigenvalue weighted by molar-refractivity contribution is 7.80. The molecule has 2 N–H and O–H groups in total. The van der Waals surface area contributed by atoms with E-state index in [-0.39, 0.29) is 0 Å². The lowest BCUT2D eigenvalue weighted by atomic mass is 10.2. The zero-order valence-corrected chi connectivity index (χ0v) is 13.9. The van der Waals surface area contributed by atoms with Crippen molar-refractivity contribution in [2.24, 2.45) is 0 Å². The van der Waals surface area contributed by atoms with Crippen LogP contribution in [-0.2, 0) is 6.54 Å². The number of hydrogen-bond donors (Lipinski definition) is 2. The topological polar surface area (TPSA) is 41.9 Å². The van der Waals surface area contributed by atoms with Gasteiger partial charge in [-0.1, -0.05) is 23.7 Å². The van der Waals surface area contributed by atoms with Gasteiger partial charge in [0, 0.05) is 22.8 Å². The first-order valence-electron chi connectivity index (χ1n) is 6.80. The molecule has 0 aliphatic carbocycles. The maximum absolute atomic E-state index is 6.01. The van der Waals surface area contributed by atoms with E-state index in [0.717, 1.165) is 22.1 Å². The van der Waals surface area contributed by atoms with Crippen LogP contribution in [0.1, 0.15) is 25.1 Å². The van der Waals surface area contributed by atoms with Gasteiger partial charge in [-0.25, -0.2) is 0 Å². The van der Waals surface area contributed by atoms with Crippen molar-refractivity contribution in [1.29, 1.82) is 0 Å². The van der Waals surface area contributed by atoms with Crippen molar-refractivity contribution in [2.75, 3.05) is 5.32 Å². The van der Waals surface area contributed by atoms with Gasteiger partial charge in [0.05, 0.1) is 6.54 Å². The summed E-state index contributed by atoms with van der Waals surface area (Å²) in [5.74, 6) is 0.743. The van der Waals surface area contributed by atoms with Crippen LogP contribution >= 0.6 is 23.8 Å². The van der Waals surface area contributed by atoms with Crippen molar-refractivity contribution in [3.63, 3.8) is 0 Å². The number of nitrogens with one attached hydrogen (secondary N) is 2. The Morgan fingerprint density at radius 2 is 2.14 bits per heavy atom. The van der Waals surface area contributed by atoms with Crippen LogP contribution < -0.4 is 10.6 Å². The van der Waals surface area contributed by atoms with E-state index in [4.69, 9.17) is 23.8 Å². The Hall–Kier alpha value is -1.59. The normalized spacial score (nSPS) is 10.7. The second-order valence-electron chi connectivity index (χ2n) is 5.21. The first kappa shape index (κ1) is 15.8. The third-order valence-corrected chi connectivity index (χ3v) is 3.32. The molecule has 1 aromatic heterocycles. The number of halogens is 1. The van der Waals surface area contributed by atoms with Gasteiger partial charge < -0.3 is 10.6 Å². The van der Waals surface area contributed by atoms with Gasteiger partial charge in [-0.2, -0.15) is 5.10 Å². The molecule has 4 nitrogen and oxygen atoms in total. The summed E-state index contributed by atoms with van der Waals surface area (Å²) in [5.41, 5.74) is 2.17. The molecule has 1 heterocycles. The van der Waals surface area contributed by atoms with E-state index in [1.54, 1.807) is 0 Å². The molecule has 2 aromatic rings. The van der Waals surface area contributed by atoms with Crippen LogP contribution in [0.5, 0.6) is 0 Å². The molecule has 6 heteroatoms. The first-order chi connectivity index (χ1) is 9.94. The summed E-state index contributed by atoms with van der Waals surface area (Å²) >= 11 is 11.2. The van der Waals surface area contributed by atoms with Crippen LogP contribution in [0.4, 0.5) is 5.82 Å². The van der Waals surface area contributed by atoms with E-state index in [0.29, 0.717) is 17.7 Å². The fourth-order valence-electron chi connectivity index (χ4n) is 1.95. The fourth-order valence-corrected chi connectivity index (χ4v) is 2.51. The minimum absolute atomic E-state index is 0.291. The number of benzene rings is 1. The monoisotopic (exact) mass is 322 g/mol. The Balaban J connectivity index is 2.07. The summed E-state index contributed by atoms with van der Waals surface area (Å²) < 4.78 is 1.92. The van der Waals surface area contributed by atoms with Crippen LogP contribution in [0, 0.1) is 6.92 Å². The Labute approximate surface area is 135 Å². The number of nitrogens with zero attached hydrogens (tertiary/aromatic N) is 2. The molecule has 2 rings (SSSR count). The maximum Gasteiger partial charge on any atom is 0.172 e. The second kappa shape index (κ2) is 6.91. The highest BCUT2D eigenvalue weighted by Crippen LogP contribution is 2.14. The van der Waals surface area contributed by atoms with Crippen molar-refractivity contribution in [2.45, 2.75) is 33.4 Å². The van der Waals surface area contributed by atoms with Crippen LogP contribution in [-0.4, -0.2) is 20.9 Å². The lowest BCUT2D eigenvalue weighted by Gasteiger charge is -2.11. The third-order valence-electron chi connectivity index (χ3n) is 2.86. The average Bonchev–Trinajstić information content (AvgIpc) is 2.68. The van der Waals surface area contributed by atoms with E-state index >= 15 is 0 Å². The maximum atomic E-state index is 6.01. The number of thiocarbonyl (C=S) groups is 1. The molecular formula is C15H19ClN4S. The zero-order valence-electron chi connectivity index (χ0n) is 12.4. The lowest BCUT2D eigenvalue weighted by molar-refractivity contribution is 0.667. The fraction of sp³-hybridized carbons (Fsp3) is 0.333.